The minimum Gasteiger partial charge on any atom is -0.376 e. The van der Waals surface area contributed by atoms with Gasteiger partial charge in [0.2, 0.25) is 15.9 Å². The Kier molecular flexibility index (Phi) is 4.24. The van der Waals surface area contributed by atoms with Crippen LogP contribution in [0.15, 0.2) is 16.3 Å². The Morgan fingerprint density at radius 3 is 2.84 bits per heavy atom. The maximum absolute atomic E-state index is 11.8. The molecule has 2 heterocycles. The third-order valence-electron chi connectivity index (χ3n) is 2.97. The van der Waals surface area contributed by atoms with E-state index in [4.69, 9.17) is 9.88 Å². The number of carbonyl (C=O) groups excluding carboxylic acids is 1. The van der Waals surface area contributed by atoms with Gasteiger partial charge in [-0.05, 0) is 25.5 Å². The van der Waals surface area contributed by atoms with Gasteiger partial charge in [-0.15, -0.1) is 11.3 Å². The number of sulfonamides is 1. The summed E-state index contributed by atoms with van der Waals surface area (Å²) in [5.74, 6) is -0.134. The summed E-state index contributed by atoms with van der Waals surface area (Å²) in [6.45, 7) is 2.57. The fraction of sp³-hybridized carbons (Fsp3) is 0.545. The van der Waals surface area contributed by atoms with Crippen LogP contribution in [0.3, 0.4) is 0 Å². The lowest BCUT2D eigenvalue weighted by molar-refractivity contribution is -0.121. The molecule has 1 aromatic rings. The predicted octanol–water partition coefficient (Wildman–Crippen LogP) is 0.232. The Labute approximate surface area is 116 Å². The summed E-state index contributed by atoms with van der Waals surface area (Å²) in [7, 11) is -3.68. The highest BCUT2D eigenvalue weighted by atomic mass is 32.2. The molecular formula is C11H16N2O4S2. The second kappa shape index (κ2) is 5.58. The molecule has 0 saturated carbocycles. The molecule has 1 aliphatic rings. The second-order valence-electron chi connectivity index (χ2n) is 4.48. The highest BCUT2D eigenvalue weighted by molar-refractivity contribution is 7.91. The Morgan fingerprint density at radius 1 is 1.58 bits per heavy atom. The molecule has 0 aliphatic carbocycles. The molecule has 19 heavy (non-hydrogen) atoms. The zero-order valence-electron chi connectivity index (χ0n) is 10.5. The first-order chi connectivity index (χ1) is 8.86. The van der Waals surface area contributed by atoms with Gasteiger partial charge in [-0.25, -0.2) is 13.6 Å². The van der Waals surface area contributed by atoms with Crippen molar-refractivity contribution in [3.8, 4) is 0 Å². The van der Waals surface area contributed by atoms with Gasteiger partial charge in [0.1, 0.15) is 4.21 Å². The first-order valence-corrected chi connectivity index (χ1v) is 8.25. The molecule has 2 atom stereocenters. The van der Waals surface area contributed by atoms with Gasteiger partial charge >= 0.3 is 0 Å². The Balaban J connectivity index is 1.94. The van der Waals surface area contributed by atoms with Gasteiger partial charge in [-0.2, -0.15) is 0 Å². The lowest BCUT2D eigenvalue weighted by Crippen LogP contribution is -2.39. The van der Waals surface area contributed by atoms with Crippen LogP contribution in [0.2, 0.25) is 0 Å². The number of hydrogen-bond donors (Lipinski definition) is 2. The number of amides is 1. The number of nitrogens with two attached hydrogens (primary N) is 1. The van der Waals surface area contributed by atoms with E-state index in [1.807, 2.05) is 6.92 Å². The number of nitrogens with one attached hydrogen (secondary N) is 1. The summed E-state index contributed by atoms with van der Waals surface area (Å²) in [4.78, 5) is 12.5. The summed E-state index contributed by atoms with van der Waals surface area (Å²) in [5.41, 5.74) is 0. The lowest BCUT2D eigenvalue weighted by Gasteiger charge is -2.15. The predicted molar refractivity (Wildman–Crippen MR) is 71.4 cm³/mol. The number of ether oxygens (including phenoxy) is 1. The van der Waals surface area contributed by atoms with Crippen molar-refractivity contribution in [1.29, 1.82) is 0 Å². The van der Waals surface area contributed by atoms with Crippen molar-refractivity contribution in [2.45, 2.75) is 36.1 Å². The van der Waals surface area contributed by atoms with Crippen LogP contribution in [-0.2, 0) is 26.0 Å². The van der Waals surface area contributed by atoms with E-state index >= 15 is 0 Å². The molecular weight excluding hydrogens is 288 g/mol. The van der Waals surface area contributed by atoms with E-state index in [0.717, 1.165) is 17.8 Å². The number of carbonyl (C=O) groups is 1. The normalized spacial score (nSPS) is 23.5. The molecule has 8 heteroatoms. The highest BCUT2D eigenvalue weighted by Gasteiger charge is 2.25. The van der Waals surface area contributed by atoms with Crippen LogP contribution >= 0.6 is 11.3 Å². The van der Waals surface area contributed by atoms with E-state index in [2.05, 4.69) is 5.32 Å². The number of hydrogen-bond acceptors (Lipinski definition) is 5. The van der Waals surface area contributed by atoms with Gasteiger partial charge < -0.3 is 10.1 Å². The molecule has 3 N–H and O–H groups in total. The smallest absolute Gasteiger partial charge is 0.247 e. The molecule has 2 rings (SSSR count). The van der Waals surface area contributed by atoms with E-state index in [9.17, 15) is 13.2 Å². The van der Waals surface area contributed by atoms with E-state index in [0.29, 0.717) is 11.5 Å². The number of rotatable bonds is 4. The zero-order valence-corrected chi connectivity index (χ0v) is 12.1. The van der Waals surface area contributed by atoms with Crippen LogP contribution in [0.4, 0.5) is 0 Å². The van der Waals surface area contributed by atoms with Crippen molar-refractivity contribution >= 4 is 27.3 Å². The Morgan fingerprint density at radius 2 is 2.32 bits per heavy atom. The van der Waals surface area contributed by atoms with Gasteiger partial charge in [-0.1, -0.05) is 0 Å². The molecule has 0 radical (unpaired) electrons. The third kappa shape index (κ3) is 3.75. The first-order valence-electron chi connectivity index (χ1n) is 5.89. The van der Waals surface area contributed by atoms with Crippen molar-refractivity contribution in [1.82, 2.24) is 5.32 Å². The minimum absolute atomic E-state index is 0.0206. The average molecular weight is 304 g/mol. The van der Waals surface area contributed by atoms with Crippen LogP contribution in [0.1, 0.15) is 18.2 Å². The quantitative estimate of drug-likeness (QED) is 0.832. The fourth-order valence-corrected chi connectivity index (χ4v) is 3.72. The van der Waals surface area contributed by atoms with Gasteiger partial charge in [0.05, 0.1) is 18.6 Å². The SMILES string of the molecule is CC1OCCC1NC(=O)Cc1ccc(S(N)(=O)=O)s1. The Hall–Kier alpha value is -0.960. The Bertz CT molecular complexity index is 567. The van der Waals surface area contributed by atoms with Gasteiger partial charge in [0.25, 0.3) is 0 Å². The summed E-state index contributed by atoms with van der Waals surface area (Å²) in [6, 6.07) is 3.06. The maximum Gasteiger partial charge on any atom is 0.247 e. The van der Waals surface area contributed by atoms with Gasteiger partial charge in [0, 0.05) is 11.5 Å². The van der Waals surface area contributed by atoms with Crippen LogP contribution in [0.25, 0.3) is 0 Å². The lowest BCUT2D eigenvalue weighted by atomic mass is 10.1. The molecule has 0 bridgehead atoms. The molecule has 1 aliphatic heterocycles. The van der Waals surface area contributed by atoms with E-state index in [-0.39, 0.29) is 28.7 Å². The third-order valence-corrected chi connectivity index (χ3v) is 5.50. The molecule has 2 unspecified atom stereocenters. The molecule has 1 fully saturated rings. The standard InChI is InChI=1S/C11H16N2O4S2/c1-7-9(4-5-17-7)13-10(14)6-8-2-3-11(18-8)19(12,15)16/h2-3,7,9H,4-6H2,1H3,(H,13,14)(H2,12,15,16). The summed E-state index contributed by atoms with van der Waals surface area (Å²) >= 11 is 1.02. The fourth-order valence-electron chi connectivity index (χ4n) is 1.94. The molecule has 106 valence electrons. The van der Waals surface area contributed by atoms with Gasteiger partial charge in [0.15, 0.2) is 0 Å². The highest BCUT2D eigenvalue weighted by Crippen LogP contribution is 2.21. The van der Waals surface area contributed by atoms with E-state index < -0.39 is 10.0 Å². The monoisotopic (exact) mass is 304 g/mol. The molecule has 0 aromatic carbocycles. The minimum atomic E-state index is -3.68. The zero-order chi connectivity index (χ0) is 14.0. The molecule has 0 spiro atoms. The molecule has 1 aromatic heterocycles. The number of thiophene rings is 1. The van der Waals surface area contributed by atoms with Crippen LogP contribution < -0.4 is 10.5 Å². The summed E-state index contributed by atoms with van der Waals surface area (Å²) in [5, 5.41) is 7.90. The van der Waals surface area contributed by atoms with E-state index in [1.54, 1.807) is 6.07 Å². The topological polar surface area (TPSA) is 98.5 Å². The van der Waals surface area contributed by atoms with Crippen LogP contribution in [0.5, 0.6) is 0 Å². The van der Waals surface area contributed by atoms with Crippen molar-refractivity contribution in [2.75, 3.05) is 6.61 Å². The molecule has 6 nitrogen and oxygen atoms in total. The van der Waals surface area contributed by atoms with Crippen LogP contribution in [0, 0.1) is 0 Å². The second-order valence-corrected chi connectivity index (χ2v) is 7.44. The van der Waals surface area contributed by atoms with Crippen molar-refractivity contribution in [3.05, 3.63) is 17.0 Å². The van der Waals surface area contributed by atoms with Crippen molar-refractivity contribution in [3.63, 3.8) is 0 Å². The molecule has 1 amide bonds. The first kappa shape index (κ1) is 14.4. The van der Waals surface area contributed by atoms with E-state index in [1.165, 1.54) is 6.07 Å². The summed E-state index contributed by atoms with van der Waals surface area (Å²) < 4.78 is 27.7. The largest absolute Gasteiger partial charge is 0.376 e. The average Bonchev–Trinajstić information content (AvgIpc) is 2.88. The van der Waals surface area contributed by atoms with Crippen LogP contribution in [-0.4, -0.2) is 33.1 Å². The van der Waals surface area contributed by atoms with Gasteiger partial charge in [-0.3, -0.25) is 4.79 Å². The summed E-state index contributed by atoms with van der Waals surface area (Å²) in [6.07, 6.45) is 0.982. The number of primary sulfonamides is 1. The molecule has 1 saturated heterocycles. The van der Waals surface area contributed by atoms with Crippen molar-refractivity contribution < 1.29 is 17.9 Å². The van der Waals surface area contributed by atoms with Crippen molar-refractivity contribution in [2.24, 2.45) is 5.14 Å². The maximum atomic E-state index is 11.8.